The van der Waals surface area contributed by atoms with Crippen LogP contribution in [0.4, 0.5) is 5.69 Å². The van der Waals surface area contributed by atoms with Crippen LogP contribution in [0.2, 0.25) is 0 Å². The fraction of sp³-hybridized carbons (Fsp3) is 0.533. The minimum Gasteiger partial charge on any atom is -0.399 e. The van der Waals surface area contributed by atoms with Crippen molar-refractivity contribution in [3.63, 3.8) is 0 Å². The van der Waals surface area contributed by atoms with Gasteiger partial charge in [0.25, 0.3) is 0 Å². The van der Waals surface area contributed by atoms with E-state index >= 15 is 0 Å². The first kappa shape index (κ1) is 15.7. The number of hydrogen-bond acceptors (Lipinski definition) is 4. The number of anilines is 1. The second-order valence-corrected chi connectivity index (χ2v) is 4.68. The van der Waals surface area contributed by atoms with Crippen LogP contribution in [-0.2, 0) is 16.0 Å². The molecule has 0 aliphatic carbocycles. The standard InChI is InChI=1S/C15H23NO3/c1-3-19-15(18)9-7-13(17)6-4-12-5-8-14(16)11(2)10-12/h5,8,10,15,18H,3-4,6-7,9,16H2,1-2H3. The fourth-order valence-electron chi connectivity index (χ4n) is 1.86. The average Bonchev–Trinajstić information content (AvgIpc) is 2.38. The molecule has 3 N–H and O–H groups in total. The Labute approximate surface area is 114 Å². The van der Waals surface area contributed by atoms with E-state index in [0.717, 1.165) is 16.8 Å². The molecule has 0 saturated carbocycles. The van der Waals surface area contributed by atoms with E-state index in [4.69, 9.17) is 10.5 Å². The number of aryl methyl sites for hydroxylation is 2. The van der Waals surface area contributed by atoms with Crippen molar-refractivity contribution in [1.82, 2.24) is 0 Å². The van der Waals surface area contributed by atoms with Crippen LogP contribution in [0, 0.1) is 6.92 Å². The predicted octanol–water partition coefficient (Wildman–Crippen LogP) is 2.21. The third kappa shape index (κ3) is 5.85. The van der Waals surface area contributed by atoms with Gasteiger partial charge in [0.1, 0.15) is 5.78 Å². The van der Waals surface area contributed by atoms with Crippen LogP contribution in [0.3, 0.4) is 0 Å². The summed E-state index contributed by atoms with van der Waals surface area (Å²) in [7, 11) is 0. The molecule has 1 rings (SSSR count). The van der Waals surface area contributed by atoms with Gasteiger partial charge in [-0.15, -0.1) is 0 Å². The summed E-state index contributed by atoms with van der Waals surface area (Å²) in [5, 5.41) is 9.36. The maximum atomic E-state index is 11.7. The predicted molar refractivity (Wildman–Crippen MR) is 75.8 cm³/mol. The molecule has 0 aliphatic heterocycles. The number of nitrogens with two attached hydrogens (primary N) is 1. The molecule has 4 nitrogen and oxygen atoms in total. The van der Waals surface area contributed by atoms with Crippen LogP contribution < -0.4 is 5.73 Å². The first-order chi connectivity index (χ1) is 9.02. The number of rotatable bonds is 8. The monoisotopic (exact) mass is 265 g/mol. The van der Waals surface area contributed by atoms with Crippen LogP contribution in [-0.4, -0.2) is 23.8 Å². The zero-order valence-corrected chi connectivity index (χ0v) is 11.7. The highest BCUT2D eigenvalue weighted by molar-refractivity contribution is 5.78. The summed E-state index contributed by atoms with van der Waals surface area (Å²) in [6.07, 6.45) is 1.10. The van der Waals surface area contributed by atoms with E-state index < -0.39 is 6.29 Å². The van der Waals surface area contributed by atoms with Gasteiger partial charge < -0.3 is 15.6 Å². The number of carbonyl (C=O) groups is 1. The number of hydrogen-bond donors (Lipinski definition) is 2. The molecule has 106 valence electrons. The van der Waals surface area contributed by atoms with Crippen molar-refractivity contribution in [2.75, 3.05) is 12.3 Å². The van der Waals surface area contributed by atoms with Crippen LogP contribution in [0.5, 0.6) is 0 Å². The normalized spacial score (nSPS) is 12.4. The van der Waals surface area contributed by atoms with Gasteiger partial charge in [-0.2, -0.15) is 0 Å². The summed E-state index contributed by atoms with van der Waals surface area (Å²) in [5.74, 6) is 0.147. The number of carbonyl (C=O) groups excluding carboxylic acids is 1. The summed E-state index contributed by atoms with van der Waals surface area (Å²) in [6.45, 7) is 4.23. The van der Waals surface area contributed by atoms with Crippen molar-refractivity contribution in [2.45, 2.75) is 45.8 Å². The molecule has 0 amide bonds. The summed E-state index contributed by atoms with van der Waals surface area (Å²) in [5.41, 5.74) is 8.67. The lowest BCUT2D eigenvalue weighted by Gasteiger charge is -2.09. The molecule has 19 heavy (non-hydrogen) atoms. The molecule has 0 aromatic heterocycles. The lowest BCUT2D eigenvalue weighted by atomic mass is 10.0. The molecule has 1 aromatic rings. The van der Waals surface area contributed by atoms with E-state index in [-0.39, 0.29) is 5.78 Å². The number of Topliss-reactive ketones (excluding diaryl/α,β-unsaturated/α-hetero) is 1. The van der Waals surface area contributed by atoms with Crippen LogP contribution in [0.15, 0.2) is 18.2 Å². The lowest BCUT2D eigenvalue weighted by molar-refractivity contribution is -0.125. The Morgan fingerprint density at radius 2 is 2.16 bits per heavy atom. The van der Waals surface area contributed by atoms with Crippen LogP contribution in [0.1, 0.15) is 37.3 Å². The molecule has 0 spiro atoms. The topological polar surface area (TPSA) is 72.5 Å². The van der Waals surface area contributed by atoms with E-state index in [1.54, 1.807) is 0 Å². The van der Waals surface area contributed by atoms with E-state index in [9.17, 15) is 9.90 Å². The van der Waals surface area contributed by atoms with Gasteiger partial charge in [0.2, 0.25) is 0 Å². The molecule has 0 aliphatic rings. The Morgan fingerprint density at radius 3 is 2.79 bits per heavy atom. The van der Waals surface area contributed by atoms with Crippen molar-refractivity contribution in [3.8, 4) is 0 Å². The molecule has 0 heterocycles. The van der Waals surface area contributed by atoms with Gasteiger partial charge in [-0.1, -0.05) is 12.1 Å². The number of nitrogen functional groups attached to an aromatic ring is 1. The first-order valence-corrected chi connectivity index (χ1v) is 6.69. The van der Waals surface area contributed by atoms with E-state index in [2.05, 4.69) is 0 Å². The molecule has 1 aromatic carbocycles. The van der Waals surface area contributed by atoms with Crippen molar-refractivity contribution in [2.24, 2.45) is 0 Å². The van der Waals surface area contributed by atoms with Gasteiger partial charge in [-0.3, -0.25) is 4.79 Å². The van der Waals surface area contributed by atoms with Gasteiger partial charge in [0.05, 0.1) is 0 Å². The zero-order chi connectivity index (χ0) is 14.3. The van der Waals surface area contributed by atoms with Gasteiger partial charge in [0.15, 0.2) is 6.29 Å². The Kier molecular flexibility index (Phi) is 6.53. The quantitative estimate of drug-likeness (QED) is 0.558. The maximum absolute atomic E-state index is 11.7. The second-order valence-electron chi connectivity index (χ2n) is 4.68. The molecule has 0 bridgehead atoms. The lowest BCUT2D eigenvalue weighted by Crippen LogP contribution is -2.14. The minimum atomic E-state index is -0.826. The van der Waals surface area contributed by atoms with E-state index in [0.29, 0.717) is 32.3 Å². The van der Waals surface area contributed by atoms with Gasteiger partial charge in [0, 0.05) is 31.6 Å². The van der Waals surface area contributed by atoms with Crippen molar-refractivity contribution < 1.29 is 14.6 Å². The highest BCUT2D eigenvalue weighted by Gasteiger charge is 2.08. The van der Waals surface area contributed by atoms with Crippen molar-refractivity contribution in [3.05, 3.63) is 29.3 Å². The summed E-state index contributed by atoms with van der Waals surface area (Å²) in [6, 6.07) is 5.83. The fourth-order valence-corrected chi connectivity index (χ4v) is 1.86. The zero-order valence-electron chi connectivity index (χ0n) is 11.7. The molecule has 0 radical (unpaired) electrons. The molecular weight excluding hydrogens is 242 g/mol. The van der Waals surface area contributed by atoms with Crippen molar-refractivity contribution in [1.29, 1.82) is 0 Å². The molecule has 1 atom stereocenters. The molecule has 1 unspecified atom stereocenters. The summed E-state index contributed by atoms with van der Waals surface area (Å²) in [4.78, 5) is 11.7. The van der Waals surface area contributed by atoms with Gasteiger partial charge in [-0.05, 0) is 37.5 Å². The SMILES string of the molecule is CCOC(O)CCC(=O)CCc1ccc(N)c(C)c1. The van der Waals surface area contributed by atoms with E-state index in [1.807, 2.05) is 32.0 Å². The minimum absolute atomic E-state index is 0.147. The molecular formula is C15H23NO3. The van der Waals surface area contributed by atoms with Crippen LogP contribution >= 0.6 is 0 Å². The maximum Gasteiger partial charge on any atom is 0.154 e. The molecule has 0 saturated heterocycles. The summed E-state index contributed by atoms with van der Waals surface area (Å²) < 4.78 is 4.97. The first-order valence-electron chi connectivity index (χ1n) is 6.69. The van der Waals surface area contributed by atoms with Gasteiger partial charge >= 0.3 is 0 Å². The van der Waals surface area contributed by atoms with Crippen molar-refractivity contribution >= 4 is 11.5 Å². The number of aliphatic hydroxyl groups is 1. The number of aliphatic hydroxyl groups excluding tert-OH is 1. The Morgan fingerprint density at radius 1 is 1.42 bits per heavy atom. The van der Waals surface area contributed by atoms with E-state index in [1.165, 1.54) is 0 Å². The second kappa shape index (κ2) is 7.92. The smallest absolute Gasteiger partial charge is 0.154 e. The Balaban J connectivity index is 2.31. The van der Waals surface area contributed by atoms with Gasteiger partial charge in [-0.25, -0.2) is 0 Å². The third-order valence-electron chi connectivity index (χ3n) is 3.06. The number of ketones is 1. The number of ether oxygens (including phenoxy) is 1. The number of benzene rings is 1. The summed E-state index contributed by atoms with van der Waals surface area (Å²) >= 11 is 0. The Bertz CT molecular complexity index is 418. The highest BCUT2D eigenvalue weighted by atomic mass is 16.6. The highest BCUT2D eigenvalue weighted by Crippen LogP contribution is 2.14. The Hall–Kier alpha value is -1.39. The molecule has 4 heteroatoms. The molecule has 0 fully saturated rings. The third-order valence-corrected chi connectivity index (χ3v) is 3.06. The average molecular weight is 265 g/mol. The van der Waals surface area contributed by atoms with Crippen LogP contribution in [0.25, 0.3) is 0 Å². The largest absolute Gasteiger partial charge is 0.399 e.